The van der Waals surface area contributed by atoms with Crippen molar-refractivity contribution in [1.82, 2.24) is 20.0 Å². The van der Waals surface area contributed by atoms with E-state index in [0.29, 0.717) is 40.2 Å². The van der Waals surface area contributed by atoms with E-state index >= 15 is 0 Å². The lowest BCUT2D eigenvalue weighted by molar-refractivity contribution is 0.0953. The summed E-state index contributed by atoms with van der Waals surface area (Å²) in [6.07, 6.45) is 1.61. The Morgan fingerprint density at radius 2 is 1.67 bits per heavy atom. The summed E-state index contributed by atoms with van der Waals surface area (Å²) in [5, 5.41) is 7.48. The summed E-state index contributed by atoms with van der Waals surface area (Å²) >= 11 is 0. The van der Waals surface area contributed by atoms with E-state index in [1.54, 1.807) is 32.6 Å². The van der Waals surface area contributed by atoms with Gasteiger partial charge >= 0.3 is 0 Å². The molecule has 2 aromatic heterocycles. The number of rotatable bonds is 7. The lowest BCUT2D eigenvalue weighted by Gasteiger charge is -2.07. The smallest absolute Gasteiger partial charge is 0.257 e. The third-order valence-corrected chi connectivity index (χ3v) is 5.73. The van der Waals surface area contributed by atoms with Crippen molar-refractivity contribution in [2.45, 2.75) is 6.54 Å². The van der Waals surface area contributed by atoms with E-state index in [4.69, 9.17) is 25.2 Å². The number of nitrogens with two attached hydrogens (primary N) is 1. The van der Waals surface area contributed by atoms with Gasteiger partial charge in [0, 0.05) is 6.54 Å². The van der Waals surface area contributed by atoms with E-state index in [-0.39, 0.29) is 17.3 Å². The number of nitrogen functional groups attached to an aromatic ring is 1. The zero-order valence-electron chi connectivity index (χ0n) is 19.8. The van der Waals surface area contributed by atoms with E-state index in [1.807, 2.05) is 60.7 Å². The number of methoxy groups -OCH3 is 2. The van der Waals surface area contributed by atoms with Crippen LogP contribution in [0.2, 0.25) is 0 Å². The van der Waals surface area contributed by atoms with Crippen molar-refractivity contribution < 1.29 is 14.3 Å². The lowest BCUT2D eigenvalue weighted by Crippen LogP contribution is -2.23. The maximum Gasteiger partial charge on any atom is 0.257 e. The molecule has 0 aliphatic carbocycles. The Morgan fingerprint density at radius 1 is 0.972 bits per heavy atom. The maximum atomic E-state index is 13.3. The average Bonchev–Trinajstić information content (AvgIpc) is 3.19. The number of hydrogen-bond donors (Lipinski definition) is 2. The van der Waals surface area contributed by atoms with Gasteiger partial charge < -0.3 is 20.5 Å². The van der Waals surface area contributed by atoms with Crippen LogP contribution in [0.15, 0.2) is 77.9 Å². The highest BCUT2D eigenvalue weighted by atomic mass is 16.5. The normalized spacial score (nSPS) is 11.3. The molecule has 5 aromatic rings. The molecule has 0 aliphatic heterocycles. The van der Waals surface area contributed by atoms with Crippen molar-refractivity contribution in [1.29, 1.82) is 0 Å². The second-order valence-electron chi connectivity index (χ2n) is 7.98. The number of benzene rings is 3. The van der Waals surface area contributed by atoms with E-state index in [2.05, 4.69) is 10.4 Å². The molecule has 0 saturated carbocycles. The molecule has 0 unspecified atom stereocenters. The average molecular weight is 481 g/mol. The predicted octanol–water partition coefficient (Wildman–Crippen LogP) is 4.00. The minimum Gasteiger partial charge on any atom is -0.493 e. The highest BCUT2D eigenvalue weighted by Gasteiger charge is 2.24. The van der Waals surface area contributed by atoms with Crippen molar-refractivity contribution >= 4 is 40.1 Å². The molecule has 3 aromatic carbocycles. The summed E-state index contributed by atoms with van der Waals surface area (Å²) < 4.78 is 12.1. The van der Waals surface area contributed by atoms with E-state index in [0.717, 1.165) is 11.1 Å². The van der Waals surface area contributed by atoms with Crippen molar-refractivity contribution in [3.05, 3.63) is 89.5 Å². The first-order chi connectivity index (χ1) is 17.6. The van der Waals surface area contributed by atoms with Gasteiger partial charge in [-0.3, -0.25) is 4.79 Å². The molecule has 0 bridgehead atoms. The zero-order chi connectivity index (χ0) is 25.1. The van der Waals surface area contributed by atoms with Gasteiger partial charge in [-0.15, -0.1) is 0 Å². The summed E-state index contributed by atoms with van der Waals surface area (Å²) in [5.41, 5.74) is 10.5. The fourth-order valence-electron chi connectivity index (χ4n) is 3.91. The number of nitrogens with zero attached hydrogens (tertiary/aromatic N) is 4. The standard InChI is InChI=1S/C27H24N6O3/c1-35-21-13-12-18(14-22(21)36-2)16-30-33-25(28)23(27(34)29-15-17-8-4-3-5-9-17)24-26(33)32-20-11-7-6-10-19(20)31-24/h3-14,16H,15,28H2,1-2H3,(H,29,34)/b30-16-. The Hall–Kier alpha value is -4.92. The van der Waals surface area contributed by atoms with Crippen LogP contribution in [0.4, 0.5) is 5.82 Å². The Kier molecular flexibility index (Phi) is 6.19. The summed E-state index contributed by atoms with van der Waals surface area (Å²) in [7, 11) is 3.14. The Labute approximate surface area is 207 Å². The minimum absolute atomic E-state index is 0.141. The molecule has 0 spiro atoms. The first kappa shape index (κ1) is 22.9. The quantitative estimate of drug-likeness (QED) is 0.340. The molecular formula is C27H24N6O3. The topological polar surface area (TPSA) is 117 Å². The van der Waals surface area contributed by atoms with Crippen LogP contribution >= 0.6 is 0 Å². The van der Waals surface area contributed by atoms with Gasteiger partial charge in [0.2, 0.25) is 0 Å². The summed E-state index contributed by atoms with van der Waals surface area (Å²) in [6.45, 7) is 0.349. The lowest BCUT2D eigenvalue weighted by atomic mass is 10.2. The van der Waals surface area contributed by atoms with E-state index in [1.165, 1.54) is 4.68 Å². The molecule has 0 atom stereocenters. The number of aromatic nitrogens is 3. The molecular weight excluding hydrogens is 456 g/mol. The Morgan fingerprint density at radius 3 is 2.39 bits per heavy atom. The van der Waals surface area contributed by atoms with E-state index < -0.39 is 0 Å². The highest BCUT2D eigenvalue weighted by molar-refractivity contribution is 6.10. The van der Waals surface area contributed by atoms with Gasteiger partial charge in [-0.1, -0.05) is 42.5 Å². The Balaban J connectivity index is 1.58. The van der Waals surface area contributed by atoms with Gasteiger partial charge in [-0.25, -0.2) is 9.97 Å². The number of ether oxygens (including phenoxy) is 2. The zero-order valence-corrected chi connectivity index (χ0v) is 19.8. The number of anilines is 1. The molecule has 9 nitrogen and oxygen atoms in total. The molecule has 5 rings (SSSR count). The third kappa shape index (κ3) is 4.29. The molecule has 3 N–H and O–H groups in total. The molecule has 180 valence electrons. The minimum atomic E-state index is -0.356. The predicted molar refractivity (Wildman–Crippen MR) is 140 cm³/mol. The second-order valence-corrected chi connectivity index (χ2v) is 7.98. The van der Waals surface area contributed by atoms with Crippen molar-refractivity contribution in [3.63, 3.8) is 0 Å². The first-order valence-electron chi connectivity index (χ1n) is 11.2. The molecule has 2 heterocycles. The van der Waals surface area contributed by atoms with Crippen LogP contribution in [0.5, 0.6) is 11.5 Å². The van der Waals surface area contributed by atoms with Crippen LogP contribution in [-0.2, 0) is 6.54 Å². The molecule has 9 heteroatoms. The van der Waals surface area contributed by atoms with Crippen molar-refractivity contribution in [3.8, 4) is 11.5 Å². The van der Waals surface area contributed by atoms with Crippen LogP contribution < -0.4 is 20.5 Å². The molecule has 36 heavy (non-hydrogen) atoms. The van der Waals surface area contributed by atoms with Crippen LogP contribution in [0.1, 0.15) is 21.5 Å². The van der Waals surface area contributed by atoms with Gasteiger partial charge in [-0.2, -0.15) is 9.78 Å². The SMILES string of the molecule is COc1ccc(/C=N\n2c(N)c(C(=O)NCc3ccccc3)c3nc4ccccc4nc32)cc1OC. The molecule has 0 fully saturated rings. The van der Waals surface area contributed by atoms with Gasteiger partial charge in [0.05, 0.1) is 31.5 Å². The van der Waals surface area contributed by atoms with Gasteiger partial charge in [0.25, 0.3) is 5.91 Å². The fraction of sp³-hybridized carbons (Fsp3) is 0.111. The molecule has 1 amide bonds. The van der Waals surface area contributed by atoms with Gasteiger partial charge in [0.1, 0.15) is 16.9 Å². The number of para-hydroxylation sites is 2. The first-order valence-corrected chi connectivity index (χ1v) is 11.2. The third-order valence-electron chi connectivity index (χ3n) is 5.73. The van der Waals surface area contributed by atoms with Crippen LogP contribution in [0, 0.1) is 0 Å². The number of carbonyl (C=O) groups excluding carboxylic acids is 1. The van der Waals surface area contributed by atoms with Crippen LogP contribution in [0.25, 0.3) is 22.2 Å². The van der Waals surface area contributed by atoms with Crippen molar-refractivity contribution in [2.75, 3.05) is 20.0 Å². The molecule has 0 saturated heterocycles. The summed E-state index contributed by atoms with van der Waals surface area (Å²) in [4.78, 5) is 22.7. The number of hydrogen-bond acceptors (Lipinski definition) is 7. The second kappa shape index (κ2) is 9.75. The van der Waals surface area contributed by atoms with Crippen molar-refractivity contribution in [2.24, 2.45) is 5.10 Å². The number of nitrogens with one attached hydrogen (secondary N) is 1. The monoisotopic (exact) mass is 480 g/mol. The number of amides is 1. The van der Waals surface area contributed by atoms with Crippen LogP contribution in [-0.4, -0.2) is 41.0 Å². The number of carbonyl (C=O) groups is 1. The van der Waals surface area contributed by atoms with Gasteiger partial charge in [0.15, 0.2) is 17.1 Å². The largest absolute Gasteiger partial charge is 0.493 e. The number of fused-ring (bicyclic) bond motifs is 2. The van der Waals surface area contributed by atoms with E-state index in [9.17, 15) is 4.79 Å². The summed E-state index contributed by atoms with van der Waals surface area (Å²) in [5.74, 6) is 0.961. The van der Waals surface area contributed by atoms with Gasteiger partial charge in [-0.05, 0) is 41.5 Å². The molecule has 0 radical (unpaired) electrons. The maximum absolute atomic E-state index is 13.3. The Bertz CT molecular complexity index is 1590. The summed E-state index contributed by atoms with van der Waals surface area (Å²) in [6, 6.07) is 22.5. The molecule has 0 aliphatic rings. The highest BCUT2D eigenvalue weighted by Crippen LogP contribution is 2.29. The van der Waals surface area contributed by atoms with Crippen LogP contribution in [0.3, 0.4) is 0 Å². The fourth-order valence-corrected chi connectivity index (χ4v) is 3.91.